The lowest BCUT2D eigenvalue weighted by molar-refractivity contribution is 0.0746. The van der Waals surface area contributed by atoms with Crippen LogP contribution < -0.4 is 4.90 Å². The number of halogens is 1. The molecule has 0 radical (unpaired) electrons. The summed E-state index contributed by atoms with van der Waals surface area (Å²) in [4.78, 5) is 21.2. The molecule has 1 aromatic carbocycles. The Morgan fingerprint density at radius 1 is 1.19 bits per heavy atom. The molecule has 134 valence electrons. The second-order valence-corrected chi connectivity index (χ2v) is 7.39. The van der Waals surface area contributed by atoms with Crippen molar-refractivity contribution >= 4 is 34.0 Å². The van der Waals surface area contributed by atoms with Gasteiger partial charge in [-0.05, 0) is 11.6 Å². The van der Waals surface area contributed by atoms with E-state index in [9.17, 15) is 4.79 Å². The van der Waals surface area contributed by atoms with Gasteiger partial charge in [0.1, 0.15) is 0 Å². The molecule has 0 unspecified atom stereocenters. The summed E-state index contributed by atoms with van der Waals surface area (Å²) >= 11 is 7.82. The van der Waals surface area contributed by atoms with Gasteiger partial charge in [0, 0.05) is 49.0 Å². The van der Waals surface area contributed by atoms with E-state index >= 15 is 0 Å². The molecule has 1 aliphatic rings. The van der Waals surface area contributed by atoms with Crippen LogP contribution in [0, 0.1) is 0 Å². The third-order valence-corrected chi connectivity index (χ3v) is 5.63. The van der Waals surface area contributed by atoms with Gasteiger partial charge in [0.25, 0.3) is 5.91 Å². The van der Waals surface area contributed by atoms with E-state index in [-0.39, 0.29) is 5.91 Å². The van der Waals surface area contributed by atoms with Crippen LogP contribution in [-0.2, 0) is 6.54 Å². The minimum absolute atomic E-state index is 0.0224. The molecule has 1 saturated heterocycles. The van der Waals surface area contributed by atoms with Crippen molar-refractivity contribution in [3.63, 3.8) is 0 Å². The Morgan fingerprint density at radius 3 is 2.73 bits per heavy atom. The van der Waals surface area contributed by atoms with Crippen molar-refractivity contribution in [1.82, 2.24) is 19.7 Å². The number of hydrogen-bond donors (Lipinski definition) is 0. The van der Waals surface area contributed by atoms with Gasteiger partial charge >= 0.3 is 0 Å². The minimum atomic E-state index is 0.0224. The first-order chi connectivity index (χ1) is 12.7. The van der Waals surface area contributed by atoms with E-state index in [1.807, 2.05) is 40.7 Å². The van der Waals surface area contributed by atoms with Crippen molar-refractivity contribution in [3.8, 4) is 0 Å². The highest BCUT2D eigenvalue weighted by Crippen LogP contribution is 2.20. The Labute approximate surface area is 160 Å². The number of thiazole rings is 1. The van der Waals surface area contributed by atoms with Gasteiger partial charge < -0.3 is 9.80 Å². The number of amides is 1. The highest BCUT2D eigenvalue weighted by Gasteiger charge is 2.24. The minimum Gasteiger partial charge on any atom is -0.345 e. The van der Waals surface area contributed by atoms with E-state index in [4.69, 9.17) is 11.6 Å². The zero-order chi connectivity index (χ0) is 17.9. The first-order valence-electron chi connectivity index (χ1n) is 8.40. The summed E-state index contributed by atoms with van der Waals surface area (Å²) in [7, 11) is 0. The summed E-state index contributed by atoms with van der Waals surface area (Å²) in [5.41, 5.74) is 1.59. The SMILES string of the molecule is O=C(c1cnn(Cc2ccccc2Cl)c1)N1CCN(c2nccs2)CC1. The molecule has 0 saturated carbocycles. The van der Waals surface area contributed by atoms with E-state index < -0.39 is 0 Å². The van der Waals surface area contributed by atoms with Crippen molar-refractivity contribution in [3.05, 3.63) is 64.4 Å². The first-order valence-corrected chi connectivity index (χ1v) is 9.66. The van der Waals surface area contributed by atoms with E-state index in [0.717, 1.165) is 23.8 Å². The highest BCUT2D eigenvalue weighted by atomic mass is 35.5. The van der Waals surface area contributed by atoms with E-state index in [0.29, 0.717) is 30.2 Å². The fourth-order valence-electron chi connectivity index (χ4n) is 3.02. The smallest absolute Gasteiger partial charge is 0.257 e. The van der Waals surface area contributed by atoms with Gasteiger partial charge in [0.05, 0.1) is 18.3 Å². The fraction of sp³-hybridized carbons (Fsp3) is 0.278. The number of carbonyl (C=O) groups excluding carboxylic acids is 1. The number of anilines is 1. The molecule has 0 N–H and O–H groups in total. The van der Waals surface area contributed by atoms with E-state index in [1.165, 1.54) is 0 Å². The lowest BCUT2D eigenvalue weighted by Crippen LogP contribution is -2.48. The van der Waals surface area contributed by atoms with Gasteiger partial charge in [-0.2, -0.15) is 5.10 Å². The van der Waals surface area contributed by atoms with Crippen LogP contribution in [-0.4, -0.2) is 51.8 Å². The zero-order valence-electron chi connectivity index (χ0n) is 14.1. The second-order valence-electron chi connectivity index (χ2n) is 6.11. The maximum absolute atomic E-state index is 12.7. The van der Waals surface area contributed by atoms with Gasteiger partial charge in [-0.1, -0.05) is 29.8 Å². The third kappa shape index (κ3) is 3.59. The number of nitrogens with zero attached hydrogens (tertiary/aromatic N) is 5. The normalized spacial score (nSPS) is 14.7. The molecule has 4 rings (SSSR count). The van der Waals surface area contributed by atoms with Crippen LogP contribution in [0.2, 0.25) is 5.02 Å². The third-order valence-electron chi connectivity index (χ3n) is 4.43. The molecule has 3 heterocycles. The Bertz CT molecular complexity index is 887. The van der Waals surface area contributed by atoms with Crippen LogP contribution in [0.3, 0.4) is 0 Å². The maximum atomic E-state index is 12.7. The largest absolute Gasteiger partial charge is 0.345 e. The summed E-state index contributed by atoms with van der Waals surface area (Å²) in [5.74, 6) is 0.0224. The number of hydrogen-bond acceptors (Lipinski definition) is 5. The van der Waals surface area contributed by atoms with Crippen molar-refractivity contribution in [2.24, 2.45) is 0 Å². The molecule has 1 fully saturated rings. The van der Waals surface area contributed by atoms with Crippen molar-refractivity contribution < 1.29 is 4.79 Å². The Morgan fingerprint density at radius 2 is 2.00 bits per heavy atom. The molecular weight excluding hydrogens is 370 g/mol. The van der Waals surface area contributed by atoms with Crippen LogP contribution >= 0.6 is 22.9 Å². The van der Waals surface area contributed by atoms with Crippen molar-refractivity contribution in [1.29, 1.82) is 0 Å². The monoisotopic (exact) mass is 387 g/mol. The molecule has 3 aromatic rings. The molecule has 0 atom stereocenters. The molecule has 0 spiro atoms. The molecule has 6 nitrogen and oxygen atoms in total. The van der Waals surface area contributed by atoms with Crippen molar-refractivity contribution in [2.45, 2.75) is 6.54 Å². The van der Waals surface area contributed by atoms with Crippen molar-refractivity contribution in [2.75, 3.05) is 31.1 Å². The molecule has 1 amide bonds. The summed E-state index contributed by atoms with van der Waals surface area (Å²) in [5, 5.41) is 8.01. The zero-order valence-corrected chi connectivity index (χ0v) is 15.7. The predicted molar refractivity (Wildman–Crippen MR) is 103 cm³/mol. The quantitative estimate of drug-likeness (QED) is 0.690. The molecule has 1 aliphatic heterocycles. The fourth-order valence-corrected chi connectivity index (χ4v) is 3.91. The molecule has 0 aliphatic carbocycles. The molecule has 0 bridgehead atoms. The average Bonchev–Trinajstić information content (AvgIpc) is 3.35. The van der Waals surface area contributed by atoms with Crippen LogP contribution in [0.15, 0.2) is 48.2 Å². The number of rotatable bonds is 4. The van der Waals surface area contributed by atoms with Gasteiger partial charge in [-0.15, -0.1) is 11.3 Å². The van der Waals surface area contributed by atoms with E-state index in [2.05, 4.69) is 15.0 Å². The summed E-state index contributed by atoms with van der Waals surface area (Å²) in [6, 6.07) is 7.66. The van der Waals surface area contributed by atoms with Gasteiger partial charge in [-0.25, -0.2) is 4.98 Å². The van der Waals surface area contributed by atoms with Gasteiger partial charge in [0.15, 0.2) is 5.13 Å². The Kier molecular flexibility index (Phi) is 4.90. The number of carbonyl (C=O) groups is 1. The summed E-state index contributed by atoms with van der Waals surface area (Å²) in [6.07, 6.45) is 5.23. The Balaban J connectivity index is 1.39. The standard InChI is InChI=1S/C18H18ClN5OS/c19-16-4-2-1-3-14(16)12-24-13-15(11-21-24)17(25)22-6-8-23(9-7-22)18-20-5-10-26-18/h1-5,10-11,13H,6-9,12H2. The maximum Gasteiger partial charge on any atom is 0.257 e. The van der Waals surface area contributed by atoms with Crippen LogP contribution in [0.1, 0.15) is 15.9 Å². The van der Waals surface area contributed by atoms with Gasteiger partial charge in [0.2, 0.25) is 0 Å². The molecular formula is C18H18ClN5OS. The second kappa shape index (κ2) is 7.47. The molecule has 8 heteroatoms. The Hall–Kier alpha value is -2.38. The topological polar surface area (TPSA) is 54.3 Å². The van der Waals surface area contributed by atoms with Crippen LogP contribution in [0.25, 0.3) is 0 Å². The van der Waals surface area contributed by atoms with Gasteiger partial charge in [-0.3, -0.25) is 9.48 Å². The highest BCUT2D eigenvalue weighted by molar-refractivity contribution is 7.13. The predicted octanol–water partition coefficient (Wildman–Crippen LogP) is 3.00. The average molecular weight is 388 g/mol. The molecule has 2 aromatic heterocycles. The summed E-state index contributed by atoms with van der Waals surface area (Å²) < 4.78 is 1.75. The number of aromatic nitrogens is 3. The lowest BCUT2D eigenvalue weighted by atomic mass is 10.2. The van der Waals surface area contributed by atoms with Crippen LogP contribution in [0.4, 0.5) is 5.13 Å². The van der Waals surface area contributed by atoms with E-state index in [1.54, 1.807) is 28.4 Å². The van der Waals surface area contributed by atoms with Crippen LogP contribution in [0.5, 0.6) is 0 Å². The summed E-state index contributed by atoms with van der Waals surface area (Å²) in [6.45, 7) is 3.52. The molecule has 26 heavy (non-hydrogen) atoms. The number of benzene rings is 1. The first kappa shape index (κ1) is 17.1. The lowest BCUT2D eigenvalue weighted by Gasteiger charge is -2.34. The number of piperazine rings is 1.